The number of alkyl carbamates (subject to hydrolysis) is 1. The Bertz CT molecular complexity index is 2940. The van der Waals surface area contributed by atoms with Crippen molar-refractivity contribution in [1.82, 2.24) is 30.9 Å². The number of fused-ring (bicyclic) bond motifs is 5. The van der Waals surface area contributed by atoms with Gasteiger partial charge >= 0.3 is 18.0 Å². The van der Waals surface area contributed by atoms with E-state index in [1.54, 1.807) is 18.7 Å². The molecule has 22 nitrogen and oxygen atoms in total. The van der Waals surface area contributed by atoms with Crippen LogP contribution in [0.1, 0.15) is 96.6 Å². The molecule has 5 unspecified atom stereocenters. The number of nitriles is 1. The Balaban J connectivity index is 0.882. The third-order valence-corrected chi connectivity index (χ3v) is 18.1. The molecule has 3 aromatic carbocycles. The molecule has 1 aromatic heterocycles. The van der Waals surface area contributed by atoms with Gasteiger partial charge in [-0.15, -0.1) is 5.10 Å². The summed E-state index contributed by atoms with van der Waals surface area (Å²) in [5, 5.41) is 37.8. The fourth-order valence-corrected chi connectivity index (χ4v) is 13.3. The van der Waals surface area contributed by atoms with Gasteiger partial charge in [0.25, 0.3) is 0 Å². The molecule has 4 aromatic rings. The number of benzene rings is 3. The number of anilines is 1. The number of aromatic nitrogens is 3. The van der Waals surface area contributed by atoms with E-state index in [9.17, 15) is 39.1 Å². The summed E-state index contributed by atoms with van der Waals surface area (Å²) in [7, 11) is 3.03. The predicted molar refractivity (Wildman–Crippen MR) is 337 cm³/mol. The van der Waals surface area contributed by atoms with Crippen molar-refractivity contribution in [3.63, 3.8) is 0 Å². The van der Waals surface area contributed by atoms with E-state index >= 15 is 0 Å². The molecule has 87 heavy (non-hydrogen) atoms. The maximum atomic E-state index is 14.1. The number of ether oxygens (including phenoxy) is 7. The Kier molecular flexibility index (Phi) is 29.7. The topological polar surface area (TPSA) is 281 Å². The number of nitrogens with zero attached hydrogens (tertiary/aromatic N) is 5. The summed E-state index contributed by atoms with van der Waals surface area (Å²) in [6.07, 6.45) is 1.87. The van der Waals surface area contributed by atoms with Crippen LogP contribution in [0.2, 0.25) is 0 Å². The molecule has 6 rings (SSSR count). The molecule has 26 heteroatoms. The van der Waals surface area contributed by atoms with Crippen LogP contribution in [0.3, 0.4) is 0 Å². The molecular formula is C61H80N8O14S4. The molecule has 0 radical (unpaired) electrons. The van der Waals surface area contributed by atoms with Crippen LogP contribution in [0, 0.1) is 16.7 Å². The molecule has 0 saturated carbocycles. The van der Waals surface area contributed by atoms with Gasteiger partial charge in [-0.2, -0.15) is 5.26 Å². The highest BCUT2D eigenvalue weighted by atomic mass is 33.1. The van der Waals surface area contributed by atoms with Gasteiger partial charge in [0, 0.05) is 75.6 Å². The molecule has 472 valence electrons. The highest BCUT2D eigenvalue weighted by Crippen LogP contribution is 2.43. The van der Waals surface area contributed by atoms with Gasteiger partial charge in [0.2, 0.25) is 17.7 Å². The lowest BCUT2D eigenvalue weighted by Crippen LogP contribution is -2.51. The van der Waals surface area contributed by atoms with Crippen molar-refractivity contribution in [2.75, 3.05) is 89.0 Å². The summed E-state index contributed by atoms with van der Waals surface area (Å²) in [6, 6.07) is 26.7. The zero-order valence-corrected chi connectivity index (χ0v) is 53.1. The lowest BCUT2D eigenvalue weighted by atomic mass is 9.78. The summed E-state index contributed by atoms with van der Waals surface area (Å²) < 4.78 is 40.3. The highest BCUT2D eigenvalue weighted by Gasteiger charge is 2.43. The third kappa shape index (κ3) is 23.1. The zero-order valence-electron chi connectivity index (χ0n) is 49.8. The van der Waals surface area contributed by atoms with Gasteiger partial charge in [0.1, 0.15) is 25.5 Å². The fraction of sp³-hybridized carbons (Fsp3) is 0.541. The Morgan fingerprint density at radius 1 is 0.793 bits per heavy atom. The number of carbonyl (C=O) groups excluding carboxylic acids is 6. The van der Waals surface area contributed by atoms with Gasteiger partial charge in [-0.05, 0) is 76.0 Å². The highest BCUT2D eigenvalue weighted by molar-refractivity contribution is 8.76. The predicted octanol–water partition coefficient (Wildman–Crippen LogP) is 7.97. The molecule has 4 N–H and O–H groups in total. The number of nitrogens with one attached hydrogen (secondary N) is 3. The standard InChI is InChI=1S/C61H80N8O14S4/c1-43(71)65-50-22-21-47(40-70)83-56(50)81-31-27-63-58(75)61(4,87-57(84)45-15-7-5-8-16-45)41-60(3,42-62)25-23-53(74)80-34-33-78-30-14-6-13-29-77-32-28-69-55-48-18-10-9-17-46(48)39-68(51-20-12-11-19-49(51)54(55)66-67-69)52(73)24-26-64-59(76)82-36-38-86-85-37-35-79-44(2)72/h5,7-12,15-20,47,50,56,70H,6,13-14,21-41H2,1-4H3,(H,63,75)(H,64,76)(H,65,71). The van der Waals surface area contributed by atoms with Gasteiger partial charge in [0.15, 0.2) is 6.29 Å². The van der Waals surface area contributed by atoms with E-state index < -0.39 is 40.7 Å². The first-order valence-corrected chi connectivity index (χ1v) is 32.9. The van der Waals surface area contributed by atoms with E-state index in [0.717, 1.165) is 47.2 Å². The second-order valence-corrected chi connectivity index (χ2v) is 26.0. The van der Waals surface area contributed by atoms with Gasteiger partial charge in [0.05, 0.1) is 83.5 Å². The molecule has 3 heterocycles. The maximum absolute atomic E-state index is 14.1. The van der Waals surface area contributed by atoms with Crippen molar-refractivity contribution in [2.45, 2.75) is 122 Å². The van der Waals surface area contributed by atoms with Gasteiger partial charge in [-0.3, -0.25) is 24.0 Å². The third-order valence-electron chi connectivity index (χ3n) is 14.1. The second-order valence-electron chi connectivity index (χ2n) is 21.1. The summed E-state index contributed by atoms with van der Waals surface area (Å²) in [5.74, 6) is -0.413. The first kappa shape index (κ1) is 69.9. The van der Waals surface area contributed by atoms with E-state index in [1.165, 1.54) is 47.2 Å². The molecule has 1 fully saturated rings. The molecule has 0 bridgehead atoms. The van der Waals surface area contributed by atoms with Crippen LogP contribution >= 0.6 is 45.6 Å². The number of esters is 2. The van der Waals surface area contributed by atoms with Gasteiger partial charge < -0.3 is 59.1 Å². The Labute approximate surface area is 526 Å². The Hall–Kier alpha value is -6.15. The molecule has 2 aliphatic heterocycles. The SMILES string of the molecule is CC(=O)NC1CCC(CO)OC1OCCNC(=O)C(C)(CC(C)(C#N)CCC(=O)OCCOCCCCCOCCn1nnc2c1-c1ccccc1CN(C(=O)CCNC(=O)OCCSSCCOC(C)=O)c1ccccc1-2)SC(=S)c1ccccc1. The molecule has 0 spiro atoms. The number of amides is 4. The first-order valence-electron chi connectivity index (χ1n) is 29.2. The minimum absolute atomic E-state index is 0.0407. The average molecular weight is 1280 g/mol. The number of thiocarbonyl (C=S) groups is 1. The van der Waals surface area contributed by atoms with E-state index in [2.05, 4.69) is 32.3 Å². The number of hydrogen-bond donors (Lipinski definition) is 4. The summed E-state index contributed by atoms with van der Waals surface area (Å²) in [4.78, 5) is 77.8. The Morgan fingerprint density at radius 2 is 1.49 bits per heavy atom. The van der Waals surface area contributed by atoms with Crippen LogP contribution in [-0.2, 0) is 70.2 Å². The largest absolute Gasteiger partial charge is 0.465 e. The number of thioether (sulfide) groups is 1. The number of carbonyl (C=O) groups is 6. The van der Waals surface area contributed by atoms with E-state index in [-0.39, 0.29) is 102 Å². The van der Waals surface area contributed by atoms with Crippen molar-refractivity contribution in [3.05, 3.63) is 90.0 Å². The normalized spacial score (nSPS) is 16.6. The quantitative estimate of drug-likeness (QED) is 0.0110. The van der Waals surface area contributed by atoms with Crippen LogP contribution < -0.4 is 20.9 Å². The van der Waals surface area contributed by atoms with E-state index in [4.69, 9.17) is 45.4 Å². The summed E-state index contributed by atoms with van der Waals surface area (Å²) in [5.41, 5.74) is 4.33. The van der Waals surface area contributed by atoms with Crippen LogP contribution in [0.5, 0.6) is 0 Å². The van der Waals surface area contributed by atoms with E-state index in [1.807, 2.05) is 83.5 Å². The van der Waals surface area contributed by atoms with Crippen LogP contribution in [0.4, 0.5) is 10.5 Å². The zero-order chi connectivity index (χ0) is 62.4. The monoisotopic (exact) mass is 1280 g/mol. The van der Waals surface area contributed by atoms with Gasteiger partial charge in [-0.25, -0.2) is 9.48 Å². The van der Waals surface area contributed by atoms with Gasteiger partial charge in [-0.1, -0.05) is 124 Å². The lowest BCUT2D eigenvalue weighted by Gasteiger charge is -2.36. The minimum atomic E-state index is -1.24. The summed E-state index contributed by atoms with van der Waals surface area (Å²) >= 11 is 6.97. The average Bonchev–Trinajstić information content (AvgIpc) is 2.48. The van der Waals surface area contributed by atoms with Crippen molar-refractivity contribution >= 4 is 91.2 Å². The number of aliphatic hydroxyl groups excluding tert-OH is 1. The van der Waals surface area contributed by atoms with Crippen molar-refractivity contribution in [3.8, 4) is 28.6 Å². The molecule has 2 aliphatic rings. The van der Waals surface area contributed by atoms with Crippen molar-refractivity contribution in [1.29, 1.82) is 5.26 Å². The smallest absolute Gasteiger partial charge is 0.407 e. The van der Waals surface area contributed by atoms with E-state index in [0.29, 0.717) is 72.9 Å². The number of aliphatic hydroxyl groups is 1. The Morgan fingerprint density at radius 3 is 2.22 bits per heavy atom. The number of rotatable bonds is 36. The fourth-order valence-electron chi connectivity index (χ4n) is 9.76. The molecular weight excluding hydrogens is 1200 g/mol. The number of para-hydroxylation sites is 1. The lowest BCUT2D eigenvalue weighted by molar-refractivity contribution is -0.213. The van der Waals surface area contributed by atoms with Crippen molar-refractivity contribution < 1.29 is 67.0 Å². The number of unbranched alkanes of at least 4 members (excludes halogenated alkanes) is 2. The molecule has 0 aliphatic carbocycles. The molecule has 5 atom stereocenters. The molecule has 4 amide bonds. The summed E-state index contributed by atoms with van der Waals surface area (Å²) in [6.45, 7) is 9.14. The molecule has 1 saturated heterocycles. The second kappa shape index (κ2) is 37.0. The first-order chi connectivity index (χ1) is 42.0. The van der Waals surface area contributed by atoms with Crippen LogP contribution in [0.25, 0.3) is 22.5 Å². The number of hydrogen-bond acceptors (Lipinski definition) is 21. The minimum Gasteiger partial charge on any atom is -0.465 e. The van der Waals surface area contributed by atoms with Crippen LogP contribution in [0.15, 0.2) is 78.9 Å². The maximum Gasteiger partial charge on any atom is 0.407 e. The van der Waals surface area contributed by atoms with Crippen molar-refractivity contribution in [2.24, 2.45) is 5.41 Å². The van der Waals surface area contributed by atoms with Crippen LogP contribution in [-0.4, -0.2) is 167 Å².